The van der Waals surface area contributed by atoms with Gasteiger partial charge in [-0.2, -0.15) is 0 Å². The molecule has 5 atom stereocenters. The molecule has 0 radical (unpaired) electrons. The summed E-state index contributed by atoms with van der Waals surface area (Å²) < 4.78 is 5.41. The van der Waals surface area contributed by atoms with E-state index >= 15 is 0 Å². The van der Waals surface area contributed by atoms with Gasteiger partial charge in [-0.15, -0.1) is 0 Å². The van der Waals surface area contributed by atoms with Crippen LogP contribution in [0.25, 0.3) is 0 Å². The topological polar surface area (TPSA) is 162 Å². The Morgan fingerprint density at radius 1 is 1.29 bits per heavy atom. The molecule has 3 heterocycles. The standard InChI is InChI=1S/C11H16N6O4/c12-9-4-1-14-3-17(13)11(4)16-10(15-9)8-7(20)6(19)5(2-18)21-8/h1,3,5-8,10,18-20H,2,13H2,(H2,12,15)/t5-,6-,7-,8?,10?/m1/s1. The first-order valence-corrected chi connectivity index (χ1v) is 6.34. The number of hydrazine groups is 1. The van der Waals surface area contributed by atoms with Crippen LogP contribution < -0.4 is 11.6 Å². The van der Waals surface area contributed by atoms with Crippen LogP contribution >= 0.6 is 0 Å². The molecule has 2 unspecified atom stereocenters. The van der Waals surface area contributed by atoms with E-state index in [4.69, 9.17) is 21.4 Å². The lowest BCUT2D eigenvalue weighted by molar-refractivity contribution is -0.0283. The average molecular weight is 296 g/mol. The van der Waals surface area contributed by atoms with Crippen LogP contribution in [0.1, 0.15) is 0 Å². The molecule has 10 heteroatoms. The fraction of sp³-hybridized carbons (Fsp3) is 0.545. The summed E-state index contributed by atoms with van der Waals surface area (Å²) in [6.07, 6.45) is -2.28. The van der Waals surface area contributed by atoms with E-state index in [0.717, 1.165) is 0 Å². The molecule has 0 saturated carbocycles. The van der Waals surface area contributed by atoms with Crippen molar-refractivity contribution in [2.24, 2.45) is 26.6 Å². The van der Waals surface area contributed by atoms with Crippen LogP contribution in [0.5, 0.6) is 0 Å². The number of aliphatic hydroxyl groups is 3. The molecule has 0 aromatic rings. The Labute approximate surface area is 119 Å². The number of rotatable bonds is 2. The van der Waals surface area contributed by atoms with Crippen molar-refractivity contribution in [2.45, 2.75) is 30.6 Å². The van der Waals surface area contributed by atoms with Crippen molar-refractivity contribution < 1.29 is 20.1 Å². The third-order valence-corrected chi connectivity index (χ3v) is 3.56. The maximum atomic E-state index is 10.0. The number of aliphatic imine (C=N–C) groups is 3. The van der Waals surface area contributed by atoms with Gasteiger partial charge in [0.15, 0.2) is 12.0 Å². The lowest BCUT2D eigenvalue weighted by atomic mass is 10.1. The number of amidine groups is 2. The van der Waals surface area contributed by atoms with Crippen molar-refractivity contribution >= 4 is 18.0 Å². The summed E-state index contributed by atoms with van der Waals surface area (Å²) in [4.78, 5) is 12.3. The van der Waals surface area contributed by atoms with Crippen LogP contribution in [0, 0.1) is 0 Å². The highest BCUT2D eigenvalue weighted by atomic mass is 16.6. The quantitative estimate of drug-likeness (QED) is 0.333. The van der Waals surface area contributed by atoms with E-state index in [1.807, 2.05) is 0 Å². The van der Waals surface area contributed by atoms with E-state index in [0.29, 0.717) is 11.4 Å². The van der Waals surface area contributed by atoms with Crippen molar-refractivity contribution in [3.8, 4) is 0 Å². The summed E-state index contributed by atoms with van der Waals surface area (Å²) in [5, 5.41) is 30.1. The third-order valence-electron chi connectivity index (χ3n) is 3.56. The molecule has 0 aromatic heterocycles. The van der Waals surface area contributed by atoms with Gasteiger partial charge in [0.25, 0.3) is 0 Å². The fourth-order valence-electron chi connectivity index (χ4n) is 2.44. The second kappa shape index (κ2) is 5.16. The number of nitrogens with two attached hydrogens (primary N) is 2. The minimum absolute atomic E-state index is 0.162. The molecule has 0 amide bonds. The zero-order valence-corrected chi connectivity index (χ0v) is 10.9. The van der Waals surface area contributed by atoms with Crippen molar-refractivity contribution in [1.29, 1.82) is 0 Å². The Kier molecular flexibility index (Phi) is 3.47. The molecular weight excluding hydrogens is 280 g/mol. The number of fused-ring (bicyclic) bond motifs is 1. The van der Waals surface area contributed by atoms with E-state index in [2.05, 4.69) is 15.0 Å². The smallest absolute Gasteiger partial charge is 0.172 e. The molecule has 7 N–H and O–H groups in total. The van der Waals surface area contributed by atoms with E-state index in [9.17, 15) is 10.2 Å². The lowest BCUT2D eigenvalue weighted by Crippen LogP contribution is -2.47. The van der Waals surface area contributed by atoms with Gasteiger partial charge in [-0.25, -0.2) is 20.8 Å². The zero-order valence-electron chi connectivity index (χ0n) is 10.9. The van der Waals surface area contributed by atoms with E-state index < -0.39 is 37.2 Å². The van der Waals surface area contributed by atoms with Gasteiger partial charge < -0.3 is 25.8 Å². The van der Waals surface area contributed by atoms with Crippen LogP contribution in [0.4, 0.5) is 0 Å². The van der Waals surface area contributed by atoms with Crippen molar-refractivity contribution in [2.75, 3.05) is 6.61 Å². The van der Waals surface area contributed by atoms with Gasteiger partial charge in [0.05, 0.1) is 12.2 Å². The monoisotopic (exact) mass is 296 g/mol. The van der Waals surface area contributed by atoms with Crippen molar-refractivity contribution in [3.05, 3.63) is 11.8 Å². The van der Waals surface area contributed by atoms with E-state index in [1.54, 1.807) is 0 Å². The highest BCUT2D eigenvalue weighted by Crippen LogP contribution is 2.28. The molecule has 1 saturated heterocycles. The molecule has 3 rings (SSSR count). The lowest BCUT2D eigenvalue weighted by Gasteiger charge is -2.28. The third kappa shape index (κ3) is 2.22. The van der Waals surface area contributed by atoms with Crippen LogP contribution in [-0.4, -0.2) is 75.5 Å². The Balaban J connectivity index is 1.89. The molecule has 3 aliphatic heterocycles. The van der Waals surface area contributed by atoms with Gasteiger partial charge in [-0.05, 0) is 0 Å². The second-order valence-electron chi connectivity index (χ2n) is 4.90. The molecule has 21 heavy (non-hydrogen) atoms. The fourth-order valence-corrected chi connectivity index (χ4v) is 2.44. The largest absolute Gasteiger partial charge is 0.394 e. The van der Waals surface area contributed by atoms with Crippen LogP contribution in [0.15, 0.2) is 26.8 Å². The Hall–Kier alpha value is -1.85. The maximum Gasteiger partial charge on any atom is 0.172 e. The summed E-state index contributed by atoms with van der Waals surface area (Å²) in [5.74, 6) is 6.25. The average Bonchev–Trinajstić information content (AvgIpc) is 2.76. The predicted octanol–water partition coefficient (Wildman–Crippen LogP) is -3.34. The van der Waals surface area contributed by atoms with Gasteiger partial charge in [0.1, 0.15) is 36.6 Å². The number of nitrogens with zero attached hydrogens (tertiary/aromatic N) is 4. The Morgan fingerprint density at radius 2 is 2.05 bits per heavy atom. The van der Waals surface area contributed by atoms with Crippen molar-refractivity contribution in [1.82, 2.24) is 5.01 Å². The van der Waals surface area contributed by atoms with Crippen LogP contribution in [-0.2, 0) is 4.74 Å². The Morgan fingerprint density at radius 3 is 2.71 bits per heavy atom. The van der Waals surface area contributed by atoms with Gasteiger partial charge >= 0.3 is 0 Å². The van der Waals surface area contributed by atoms with Gasteiger partial charge in [0.2, 0.25) is 0 Å². The molecular formula is C11H16N6O4. The molecule has 0 bridgehead atoms. The first kappa shape index (κ1) is 14.1. The van der Waals surface area contributed by atoms with Crippen molar-refractivity contribution in [3.63, 3.8) is 0 Å². The van der Waals surface area contributed by atoms with E-state index in [1.165, 1.54) is 17.5 Å². The van der Waals surface area contributed by atoms with Gasteiger partial charge in [-0.1, -0.05) is 0 Å². The number of ether oxygens (including phenoxy) is 1. The summed E-state index contributed by atoms with van der Waals surface area (Å²) in [6.45, 7) is -0.419. The minimum atomic E-state index is -1.23. The number of hydrogen-bond donors (Lipinski definition) is 5. The number of hydrogen-bond acceptors (Lipinski definition) is 10. The number of aliphatic hydroxyl groups excluding tert-OH is 3. The molecule has 0 aliphatic carbocycles. The minimum Gasteiger partial charge on any atom is -0.394 e. The van der Waals surface area contributed by atoms with Gasteiger partial charge in [-0.3, -0.25) is 5.01 Å². The molecule has 1 fully saturated rings. The Bertz CT molecular complexity index is 559. The van der Waals surface area contributed by atoms with E-state index in [-0.39, 0.29) is 5.84 Å². The summed E-state index contributed by atoms with van der Waals surface area (Å²) in [5.41, 5.74) is 6.33. The summed E-state index contributed by atoms with van der Waals surface area (Å²) in [6, 6.07) is 0. The predicted molar refractivity (Wildman–Crippen MR) is 73.2 cm³/mol. The summed E-state index contributed by atoms with van der Waals surface area (Å²) >= 11 is 0. The zero-order chi connectivity index (χ0) is 15.1. The van der Waals surface area contributed by atoms with Crippen LogP contribution in [0.2, 0.25) is 0 Å². The highest BCUT2D eigenvalue weighted by Gasteiger charge is 2.47. The van der Waals surface area contributed by atoms with Crippen LogP contribution in [0.3, 0.4) is 0 Å². The molecule has 0 aromatic carbocycles. The molecule has 0 spiro atoms. The first-order valence-electron chi connectivity index (χ1n) is 6.34. The molecule has 114 valence electrons. The molecule has 10 nitrogen and oxygen atoms in total. The SMILES string of the molecule is NC1=NC(C2O[C@H](CO)[C@@H](O)[C@H]2O)N=C2C1=CN=CN2N. The highest BCUT2D eigenvalue weighted by molar-refractivity contribution is 6.25. The summed E-state index contributed by atoms with van der Waals surface area (Å²) in [7, 11) is 0. The van der Waals surface area contributed by atoms with Gasteiger partial charge in [0, 0.05) is 6.20 Å². The normalized spacial score (nSPS) is 38.8. The molecule has 3 aliphatic rings. The maximum absolute atomic E-state index is 10.0. The first-order chi connectivity index (χ1) is 10.0. The second-order valence-corrected chi connectivity index (χ2v) is 4.90.